The molecule has 0 aliphatic carbocycles. The van der Waals surface area contributed by atoms with E-state index >= 15 is 0 Å². The van der Waals surface area contributed by atoms with E-state index in [4.69, 9.17) is 4.74 Å². The first kappa shape index (κ1) is 20.4. The molecule has 0 saturated carbocycles. The molecule has 3 aromatic rings. The lowest BCUT2D eigenvalue weighted by molar-refractivity contribution is 0.102. The molecule has 0 N–H and O–H groups in total. The highest BCUT2D eigenvalue weighted by Crippen LogP contribution is 2.26. The molecule has 6 heteroatoms. The number of Topliss-reactive ketones (excluding diaryl/α,β-unsaturated/α-hetero) is 1. The Hall–Kier alpha value is -2.31. The van der Waals surface area contributed by atoms with Crippen molar-refractivity contribution in [3.05, 3.63) is 59.5 Å². The number of aryl methyl sites for hydroxylation is 1. The highest BCUT2D eigenvalue weighted by Gasteiger charge is 2.17. The van der Waals surface area contributed by atoms with Crippen molar-refractivity contribution >= 4 is 17.5 Å². The van der Waals surface area contributed by atoms with Crippen molar-refractivity contribution in [2.75, 3.05) is 19.5 Å². The number of ether oxygens (including phenoxy) is 1. The first-order valence-corrected chi connectivity index (χ1v) is 10.4. The summed E-state index contributed by atoms with van der Waals surface area (Å²) in [7, 11) is 3.70. The third-order valence-electron chi connectivity index (χ3n) is 4.95. The largest absolute Gasteiger partial charge is 0.385 e. The topological polar surface area (TPSA) is 49.1 Å². The highest BCUT2D eigenvalue weighted by atomic mass is 32.2. The van der Waals surface area contributed by atoms with Crippen LogP contribution in [0.2, 0.25) is 0 Å². The Balaban J connectivity index is 1.68. The molecule has 0 amide bonds. The van der Waals surface area contributed by atoms with Crippen molar-refractivity contribution in [2.24, 2.45) is 7.05 Å². The minimum absolute atomic E-state index is 0.139. The van der Waals surface area contributed by atoms with Crippen molar-refractivity contribution in [1.29, 1.82) is 0 Å². The van der Waals surface area contributed by atoms with E-state index < -0.39 is 0 Å². The van der Waals surface area contributed by atoms with Gasteiger partial charge < -0.3 is 13.9 Å². The summed E-state index contributed by atoms with van der Waals surface area (Å²) in [5.41, 5.74) is 5.12. The van der Waals surface area contributed by atoms with E-state index in [1.165, 1.54) is 11.8 Å². The van der Waals surface area contributed by atoms with E-state index in [1.54, 1.807) is 7.11 Å². The number of carbonyl (C=O) groups is 1. The maximum Gasteiger partial charge on any atom is 0.175 e. The van der Waals surface area contributed by atoms with Gasteiger partial charge in [0.2, 0.25) is 0 Å². The second-order valence-electron chi connectivity index (χ2n) is 6.85. The molecule has 2 heterocycles. The first-order valence-electron chi connectivity index (χ1n) is 9.41. The van der Waals surface area contributed by atoms with Crippen LogP contribution in [0.3, 0.4) is 0 Å². The van der Waals surface area contributed by atoms with Crippen molar-refractivity contribution in [2.45, 2.75) is 32.0 Å². The maximum atomic E-state index is 12.8. The molecule has 0 fully saturated rings. The SMILES string of the molecule is COCCCn1c(C)cc(C(=O)CSc2ncc(-c3ccccc3)n2C)c1C. The van der Waals surface area contributed by atoms with Gasteiger partial charge in [-0.2, -0.15) is 0 Å². The van der Waals surface area contributed by atoms with Gasteiger partial charge in [0.25, 0.3) is 0 Å². The van der Waals surface area contributed by atoms with E-state index in [2.05, 4.69) is 28.6 Å². The van der Waals surface area contributed by atoms with Gasteiger partial charge in [0, 0.05) is 44.3 Å². The molecule has 0 spiro atoms. The van der Waals surface area contributed by atoms with Crippen LogP contribution in [0, 0.1) is 13.8 Å². The fourth-order valence-corrected chi connectivity index (χ4v) is 4.24. The summed E-state index contributed by atoms with van der Waals surface area (Å²) in [5, 5.41) is 0.848. The van der Waals surface area contributed by atoms with Crippen molar-refractivity contribution in [1.82, 2.24) is 14.1 Å². The minimum atomic E-state index is 0.139. The summed E-state index contributed by atoms with van der Waals surface area (Å²) in [6, 6.07) is 12.2. The predicted octanol–water partition coefficient (Wildman–Crippen LogP) is 4.52. The first-order chi connectivity index (χ1) is 13.5. The molecule has 28 heavy (non-hydrogen) atoms. The molecule has 0 bridgehead atoms. The standard InChI is InChI=1S/C22H27N3O2S/c1-16-13-19(17(2)25(16)11-8-12-27-4)21(26)15-28-22-23-14-20(24(22)3)18-9-6-5-7-10-18/h5-7,9-10,13-14H,8,11-12,15H2,1-4H3. The molecule has 1 aromatic carbocycles. The number of hydrogen-bond donors (Lipinski definition) is 0. The lowest BCUT2D eigenvalue weighted by atomic mass is 10.2. The number of thioether (sulfide) groups is 1. The molecule has 0 unspecified atom stereocenters. The zero-order valence-corrected chi connectivity index (χ0v) is 17.8. The number of nitrogens with zero attached hydrogens (tertiary/aromatic N) is 3. The van der Waals surface area contributed by atoms with Crippen molar-refractivity contribution in [3.63, 3.8) is 0 Å². The van der Waals surface area contributed by atoms with Gasteiger partial charge >= 0.3 is 0 Å². The van der Waals surface area contributed by atoms with Crippen LogP contribution in [0.25, 0.3) is 11.3 Å². The molecular weight excluding hydrogens is 370 g/mol. The van der Waals surface area contributed by atoms with E-state index in [0.29, 0.717) is 5.75 Å². The number of aromatic nitrogens is 3. The van der Waals surface area contributed by atoms with Crippen LogP contribution in [0.4, 0.5) is 0 Å². The predicted molar refractivity (Wildman–Crippen MR) is 114 cm³/mol. The van der Waals surface area contributed by atoms with Gasteiger partial charge in [0.05, 0.1) is 17.6 Å². The average molecular weight is 398 g/mol. The quantitative estimate of drug-likeness (QED) is 0.303. The van der Waals surface area contributed by atoms with Gasteiger partial charge in [-0.05, 0) is 31.9 Å². The number of methoxy groups -OCH3 is 1. The summed E-state index contributed by atoms with van der Waals surface area (Å²) in [4.78, 5) is 17.3. The molecule has 2 aromatic heterocycles. The fraction of sp³-hybridized carbons (Fsp3) is 0.364. The Kier molecular flexibility index (Phi) is 6.75. The van der Waals surface area contributed by atoms with Crippen LogP contribution in [-0.2, 0) is 18.3 Å². The summed E-state index contributed by atoms with van der Waals surface area (Å²) in [6.07, 6.45) is 2.80. The van der Waals surface area contributed by atoms with E-state index in [-0.39, 0.29) is 5.78 Å². The zero-order chi connectivity index (χ0) is 20.1. The summed E-state index contributed by atoms with van der Waals surface area (Å²) < 4.78 is 9.38. The number of ketones is 1. The van der Waals surface area contributed by atoms with Crippen molar-refractivity contribution in [3.8, 4) is 11.3 Å². The molecule has 148 valence electrons. The highest BCUT2D eigenvalue weighted by molar-refractivity contribution is 7.99. The molecular formula is C22H27N3O2S. The Morgan fingerprint density at radius 2 is 1.96 bits per heavy atom. The maximum absolute atomic E-state index is 12.8. The molecule has 0 aliphatic rings. The van der Waals surface area contributed by atoms with Gasteiger partial charge in [-0.25, -0.2) is 4.98 Å². The third kappa shape index (κ3) is 4.39. The Labute approximate surface area is 170 Å². The van der Waals surface area contributed by atoms with Crippen LogP contribution >= 0.6 is 11.8 Å². The average Bonchev–Trinajstić information content (AvgIpc) is 3.21. The molecule has 0 aliphatic heterocycles. The molecule has 0 saturated heterocycles. The van der Waals surface area contributed by atoms with E-state index in [9.17, 15) is 4.79 Å². The lowest BCUT2D eigenvalue weighted by Gasteiger charge is -2.09. The zero-order valence-electron chi connectivity index (χ0n) is 16.9. The Morgan fingerprint density at radius 1 is 1.21 bits per heavy atom. The van der Waals surface area contributed by atoms with Gasteiger partial charge in [-0.15, -0.1) is 0 Å². The third-order valence-corrected chi connectivity index (χ3v) is 6.00. The van der Waals surface area contributed by atoms with Gasteiger partial charge in [0.15, 0.2) is 10.9 Å². The minimum Gasteiger partial charge on any atom is -0.385 e. The number of hydrogen-bond acceptors (Lipinski definition) is 4. The molecule has 3 rings (SSSR count). The van der Waals surface area contributed by atoms with Crippen LogP contribution in [0.5, 0.6) is 0 Å². The molecule has 0 radical (unpaired) electrons. The Morgan fingerprint density at radius 3 is 2.68 bits per heavy atom. The second-order valence-corrected chi connectivity index (χ2v) is 7.79. The molecule has 0 atom stereocenters. The van der Waals surface area contributed by atoms with E-state index in [1.807, 2.05) is 49.0 Å². The van der Waals surface area contributed by atoms with Crippen LogP contribution in [0.15, 0.2) is 47.8 Å². The van der Waals surface area contributed by atoms with Crippen LogP contribution in [0.1, 0.15) is 28.2 Å². The second kappa shape index (κ2) is 9.26. The number of imidazole rings is 1. The number of carbonyl (C=O) groups excluding carboxylic acids is 1. The molecule has 5 nitrogen and oxygen atoms in total. The number of benzene rings is 1. The lowest BCUT2D eigenvalue weighted by Crippen LogP contribution is -2.08. The number of rotatable bonds is 9. The van der Waals surface area contributed by atoms with Gasteiger partial charge in [-0.3, -0.25) is 4.79 Å². The van der Waals surface area contributed by atoms with Gasteiger partial charge in [0.1, 0.15) is 0 Å². The normalized spacial score (nSPS) is 11.1. The van der Waals surface area contributed by atoms with Crippen molar-refractivity contribution < 1.29 is 9.53 Å². The van der Waals surface area contributed by atoms with Crippen LogP contribution < -0.4 is 0 Å². The van der Waals surface area contributed by atoms with Crippen LogP contribution in [-0.4, -0.2) is 39.4 Å². The Bertz CT molecular complexity index is 944. The fourth-order valence-electron chi connectivity index (χ4n) is 3.41. The monoisotopic (exact) mass is 397 g/mol. The van der Waals surface area contributed by atoms with E-state index in [0.717, 1.165) is 52.9 Å². The smallest absolute Gasteiger partial charge is 0.175 e. The van der Waals surface area contributed by atoms with Gasteiger partial charge in [-0.1, -0.05) is 42.1 Å². The summed E-state index contributed by atoms with van der Waals surface area (Å²) in [5.74, 6) is 0.516. The summed E-state index contributed by atoms with van der Waals surface area (Å²) >= 11 is 1.48. The summed E-state index contributed by atoms with van der Waals surface area (Å²) in [6.45, 7) is 5.66.